The smallest absolute Gasteiger partial charge is 0.308 e. The fourth-order valence-corrected chi connectivity index (χ4v) is 3.54. The van der Waals surface area contributed by atoms with Crippen LogP contribution in [-0.4, -0.2) is 47.5 Å². The van der Waals surface area contributed by atoms with Crippen molar-refractivity contribution in [2.75, 3.05) is 18.5 Å². The zero-order chi connectivity index (χ0) is 21.0. The molecular formula is C21H22N2O6. The standard InChI is InChI=1S/C21H22N2O6/c1-13(24)22-15-8-6-14(7-9-15)18(25)12-29-19(26)10-11-23-20(27)16-4-2-3-5-17(16)21(23)28/h2-3,6-9,16-17H,4-5,10-12H2,1H3,(H,22,24)/t16-,17-/m0/s1. The molecule has 1 fully saturated rings. The van der Waals surface area contributed by atoms with E-state index in [0.717, 1.165) is 4.90 Å². The maximum atomic E-state index is 12.3. The van der Waals surface area contributed by atoms with Crippen molar-refractivity contribution in [3.63, 3.8) is 0 Å². The highest BCUT2D eigenvalue weighted by atomic mass is 16.5. The van der Waals surface area contributed by atoms with E-state index in [1.807, 2.05) is 12.2 Å². The van der Waals surface area contributed by atoms with Crippen LogP contribution in [0.15, 0.2) is 36.4 Å². The summed E-state index contributed by atoms with van der Waals surface area (Å²) in [7, 11) is 0. The molecular weight excluding hydrogens is 376 g/mol. The molecule has 2 aliphatic rings. The van der Waals surface area contributed by atoms with Crippen molar-refractivity contribution in [3.8, 4) is 0 Å². The average Bonchev–Trinajstić information content (AvgIpc) is 2.95. The summed E-state index contributed by atoms with van der Waals surface area (Å²) in [6.45, 7) is 0.908. The molecule has 152 valence electrons. The van der Waals surface area contributed by atoms with E-state index in [-0.39, 0.29) is 42.5 Å². The Morgan fingerprint density at radius 1 is 1.03 bits per heavy atom. The van der Waals surface area contributed by atoms with Gasteiger partial charge in [0, 0.05) is 24.7 Å². The molecule has 0 bridgehead atoms. The fraction of sp³-hybridized carbons (Fsp3) is 0.381. The summed E-state index contributed by atoms with van der Waals surface area (Å²) in [6, 6.07) is 6.21. The van der Waals surface area contributed by atoms with Gasteiger partial charge in [0.2, 0.25) is 17.7 Å². The van der Waals surface area contributed by atoms with E-state index >= 15 is 0 Å². The lowest BCUT2D eigenvalue weighted by atomic mass is 9.85. The van der Waals surface area contributed by atoms with Crippen LogP contribution in [0.2, 0.25) is 0 Å². The van der Waals surface area contributed by atoms with Gasteiger partial charge in [-0.05, 0) is 37.1 Å². The monoisotopic (exact) mass is 398 g/mol. The number of ether oxygens (including phenoxy) is 1. The number of Topliss-reactive ketones (excluding diaryl/α,β-unsaturated/α-hetero) is 1. The van der Waals surface area contributed by atoms with E-state index in [9.17, 15) is 24.0 Å². The van der Waals surface area contributed by atoms with Gasteiger partial charge < -0.3 is 10.1 Å². The predicted molar refractivity (Wildman–Crippen MR) is 103 cm³/mol. The third-order valence-corrected chi connectivity index (χ3v) is 5.03. The zero-order valence-electron chi connectivity index (χ0n) is 16.1. The number of carbonyl (C=O) groups is 5. The summed E-state index contributed by atoms with van der Waals surface area (Å²) in [5.41, 5.74) is 0.898. The number of imide groups is 1. The summed E-state index contributed by atoms with van der Waals surface area (Å²) in [4.78, 5) is 60.9. The molecule has 1 aromatic carbocycles. The van der Waals surface area contributed by atoms with Crippen LogP contribution in [0.25, 0.3) is 0 Å². The molecule has 0 radical (unpaired) electrons. The van der Waals surface area contributed by atoms with E-state index in [1.165, 1.54) is 19.1 Å². The summed E-state index contributed by atoms with van der Waals surface area (Å²) >= 11 is 0. The van der Waals surface area contributed by atoms with Crippen molar-refractivity contribution in [3.05, 3.63) is 42.0 Å². The minimum absolute atomic E-state index is 0.0386. The highest BCUT2D eigenvalue weighted by Crippen LogP contribution is 2.35. The van der Waals surface area contributed by atoms with Crippen molar-refractivity contribution in [2.45, 2.75) is 26.2 Å². The van der Waals surface area contributed by atoms with Crippen molar-refractivity contribution < 1.29 is 28.7 Å². The van der Waals surface area contributed by atoms with Crippen molar-refractivity contribution in [1.29, 1.82) is 0 Å². The molecule has 1 aromatic rings. The molecule has 1 saturated heterocycles. The van der Waals surface area contributed by atoms with Crippen LogP contribution in [0.4, 0.5) is 5.69 Å². The van der Waals surface area contributed by atoms with Gasteiger partial charge in [0.05, 0.1) is 18.3 Å². The summed E-state index contributed by atoms with van der Waals surface area (Å²) in [5.74, 6) is -2.40. The van der Waals surface area contributed by atoms with E-state index < -0.39 is 18.4 Å². The van der Waals surface area contributed by atoms with Crippen LogP contribution in [0.1, 0.15) is 36.5 Å². The number of likely N-dealkylation sites (tertiary alicyclic amines) is 1. The number of benzene rings is 1. The van der Waals surface area contributed by atoms with Gasteiger partial charge in [-0.15, -0.1) is 0 Å². The first-order chi connectivity index (χ1) is 13.9. The number of ketones is 1. The third-order valence-electron chi connectivity index (χ3n) is 5.03. The van der Waals surface area contributed by atoms with Crippen LogP contribution in [0.5, 0.6) is 0 Å². The molecule has 29 heavy (non-hydrogen) atoms. The molecule has 0 unspecified atom stereocenters. The molecule has 0 spiro atoms. The predicted octanol–water partition coefficient (Wildman–Crippen LogP) is 1.71. The Labute approximate surface area is 167 Å². The van der Waals surface area contributed by atoms with E-state index in [1.54, 1.807) is 12.1 Å². The van der Waals surface area contributed by atoms with Gasteiger partial charge in [-0.2, -0.15) is 0 Å². The number of esters is 1. The molecule has 8 nitrogen and oxygen atoms in total. The van der Waals surface area contributed by atoms with Crippen molar-refractivity contribution in [2.24, 2.45) is 11.8 Å². The fourth-order valence-electron chi connectivity index (χ4n) is 3.54. The third kappa shape index (κ3) is 4.77. The first-order valence-corrected chi connectivity index (χ1v) is 9.43. The van der Waals surface area contributed by atoms with Gasteiger partial charge in [0.25, 0.3) is 0 Å². The van der Waals surface area contributed by atoms with E-state index in [2.05, 4.69) is 5.32 Å². The lowest BCUT2D eigenvalue weighted by molar-refractivity contribution is -0.145. The molecule has 3 amide bonds. The van der Waals surface area contributed by atoms with Crippen LogP contribution in [-0.2, 0) is 23.9 Å². The Hall–Kier alpha value is -3.29. The van der Waals surface area contributed by atoms with Crippen molar-refractivity contribution >= 4 is 35.2 Å². The first-order valence-electron chi connectivity index (χ1n) is 9.43. The Morgan fingerprint density at radius 3 is 2.17 bits per heavy atom. The molecule has 0 aromatic heterocycles. The second-order valence-corrected chi connectivity index (χ2v) is 7.08. The lowest BCUT2D eigenvalue weighted by Crippen LogP contribution is -2.33. The minimum Gasteiger partial charge on any atom is -0.457 e. The number of nitrogens with zero attached hydrogens (tertiary/aromatic N) is 1. The number of rotatable bonds is 7. The molecule has 1 aliphatic carbocycles. The highest BCUT2D eigenvalue weighted by molar-refractivity contribution is 6.05. The lowest BCUT2D eigenvalue weighted by Gasteiger charge is -2.14. The quantitative estimate of drug-likeness (QED) is 0.324. The van der Waals surface area contributed by atoms with Gasteiger partial charge in [-0.25, -0.2) is 0 Å². The number of nitrogens with one attached hydrogen (secondary N) is 1. The van der Waals surface area contributed by atoms with Gasteiger partial charge in [0.15, 0.2) is 12.4 Å². The zero-order valence-corrected chi connectivity index (χ0v) is 16.1. The summed E-state index contributed by atoms with van der Waals surface area (Å²) < 4.78 is 4.98. The van der Waals surface area contributed by atoms with E-state index in [0.29, 0.717) is 24.1 Å². The van der Waals surface area contributed by atoms with Crippen LogP contribution in [0, 0.1) is 11.8 Å². The summed E-state index contributed by atoms with van der Waals surface area (Å²) in [6.07, 6.45) is 4.74. The van der Waals surface area contributed by atoms with Crippen molar-refractivity contribution in [1.82, 2.24) is 4.90 Å². The average molecular weight is 398 g/mol. The number of fused-ring (bicyclic) bond motifs is 1. The largest absolute Gasteiger partial charge is 0.457 e. The Bertz CT molecular complexity index is 848. The molecule has 1 N–H and O–H groups in total. The van der Waals surface area contributed by atoms with Gasteiger partial charge >= 0.3 is 5.97 Å². The molecule has 1 aliphatic heterocycles. The number of allylic oxidation sites excluding steroid dienone is 2. The number of hydrogen-bond donors (Lipinski definition) is 1. The number of carbonyl (C=O) groups excluding carboxylic acids is 5. The maximum Gasteiger partial charge on any atom is 0.308 e. The maximum absolute atomic E-state index is 12.3. The number of hydrogen-bond acceptors (Lipinski definition) is 6. The van der Waals surface area contributed by atoms with E-state index in [4.69, 9.17) is 4.74 Å². The van der Waals surface area contributed by atoms with Crippen LogP contribution >= 0.6 is 0 Å². The minimum atomic E-state index is -0.651. The molecule has 0 saturated carbocycles. The van der Waals surface area contributed by atoms with Crippen LogP contribution < -0.4 is 5.32 Å². The molecule has 2 atom stereocenters. The Balaban J connectivity index is 1.45. The molecule has 8 heteroatoms. The Kier molecular flexibility index (Phi) is 6.21. The second-order valence-electron chi connectivity index (χ2n) is 7.08. The van der Waals surface area contributed by atoms with Gasteiger partial charge in [-0.3, -0.25) is 28.9 Å². The second kappa shape index (κ2) is 8.81. The van der Waals surface area contributed by atoms with Gasteiger partial charge in [-0.1, -0.05) is 12.2 Å². The molecule has 1 heterocycles. The van der Waals surface area contributed by atoms with Crippen LogP contribution in [0.3, 0.4) is 0 Å². The highest BCUT2D eigenvalue weighted by Gasteiger charge is 2.46. The SMILES string of the molecule is CC(=O)Nc1ccc(C(=O)COC(=O)CCN2C(=O)[C@H]3CC=CC[C@@H]3C2=O)cc1. The Morgan fingerprint density at radius 2 is 1.62 bits per heavy atom. The summed E-state index contributed by atoms with van der Waals surface area (Å²) in [5, 5.41) is 2.59. The topological polar surface area (TPSA) is 110 Å². The van der Waals surface area contributed by atoms with Gasteiger partial charge in [0.1, 0.15) is 0 Å². The molecule has 3 rings (SSSR count). The number of amides is 3. The number of anilines is 1. The normalized spacial score (nSPS) is 20.4. The first kappa shape index (κ1) is 20.4.